The number of hydrogen-bond acceptors (Lipinski definition) is 4. The predicted molar refractivity (Wildman–Crippen MR) is 55.0 cm³/mol. The van der Waals surface area contributed by atoms with E-state index in [9.17, 15) is 0 Å². The standard InChI is InChI=1S/C9H15N5/c1-2-4-11-9(10-3-1)12-5-8-6-13-14-7-8/h6-7H,1-5H2,(H,13,14)(H2,10,11,12). The zero-order valence-corrected chi connectivity index (χ0v) is 8.08. The maximum absolute atomic E-state index is 4.39. The van der Waals surface area contributed by atoms with Crippen LogP contribution < -0.4 is 10.6 Å². The largest absolute Gasteiger partial charge is 0.356 e. The van der Waals surface area contributed by atoms with Crippen LogP contribution in [0.15, 0.2) is 17.4 Å². The molecule has 0 spiro atoms. The van der Waals surface area contributed by atoms with Crippen molar-refractivity contribution in [1.29, 1.82) is 0 Å². The number of guanidine groups is 1. The first-order valence-electron chi connectivity index (χ1n) is 4.95. The van der Waals surface area contributed by atoms with Gasteiger partial charge in [-0.05, 0) is 12.8 Å². The minimum absolute atomic E-state index is 0.766. The molecule has 1 aromatic rings. The SMILES string of the molecule is c1n[nH]cc1CNC1=NCCCCN1. The fraction of sp³-hybridized carbons (Fsp3) is 0.556. The van der Waals surface area contributed by atoms with Gasteiger partial charge >= 0.3 is 0 Å². The highest BCUT2D eigenvalue weighted by atomic mass is 15.2. The van der Waals surface area contributed by atoms with Crippen molar-refractivity contribution in [1.82, 2.24) is 20.8 Å². The van der Waals surface area contributed by atoms with Crippen LogP contribution in [0.2, 0.25) is 0 Å². The zero-order valence-electron chi connectivity index (χ0n) is 8.08. The van der Waals surface area contributed by atoms with E-state index in [1.165, 1.54) is 12.8 Å². The summed E-state index contributed by atoms with van der Waals surface area (Å²) in [6, 6.07) is 0. The van der Waals surface area contributed by atoms with Crippen LogP contribution in [0.5, 0.6) is 0 Å². The highest BCUT2D eigenvalue weighted by molar-refractivity contribution is 5.79. The average molecular weight is 193 g/mol. The van der Waals surface area contributed by atoms with Crippen LogP contribution in [0, 0.1) is 0 Å². The molecule has 1 aliphatic rings. The van der Waals surface area contributed by atoms with Crippen LogP contribution >= 0.6 is 0 Å². The van der Waals surface area contributed by atoms with Crippen molar-refractivity contribution in [2.24, 2.45) is 4.99 Å². The predicted octanol–water partition coefficient (Wildman–Crippen LogP) is 0.239. The van der Waals surface area contributed by atoms with Gasteiger partial charge in [0, 0.05) is 31.4 Å². The van der Waals surface area contributed by atoms with Gasteiger partial charge in [-0.2, -0.15) is 5.10 Å². The highest BCUT2D eigenvalue weighted by Gasteiger charge is 2.02. The number of aromatic amines is 1. The first-order chi connectivity index (χ1) is 6.95. The monoisotopic (exact) mass is 193 g/mol. The summed E-state index contributed by atoms with van der Waals surface area (Å²) in [5, 5.41) is 13.2. The Hall–Kier alpha value is -1.52. The average Bonchev–Trinajstić information content (AvgIpc) is 2.58. The van der Waals surface area contributed by atoms with E-state index in [2.05, 4.69) is 25.8 Å². The molecule has 0 unspecified atom stereocenters. The first kappa shape index (κ1) is 9.05. The maximum atomic E-state index is 4.39. The third-order valence-electron chi connectivity index (χ3n) is 2.16. The summed E-state index contributed by atoms with van der Waals surface area (Å²) in [7, 11) is 0. The Morgan fingerprint density at radius 3 is 3.29 bits per heavy atom. The van der Waals surface area contributed by atoms with Gasteiger partial charge in [-0.25, -0.2) is 0 Å². The van der Waals surface area contributed by atoms with Crippen LogP contribution in [-0.4, -0.2) is 29.2 Å². The van der Waals surface area contributed by atoms with E-state index < -0.39 is 0 Å². The summed E-state index contributed by atoms with van der Waals surface area (Å²) in [5.74, 6) is 0.906. The second-order valence-electron chi connectivity index (χ2n) is 3.32. The van der Waals surface area contributed by atoms with Crippen molar-refractivity contribution in [3.63, 3.8) is 0 Å². The fourth-order valence-electron chi connectivity index (χ4n) is 1.37. The van der Waals surface area contributed by atoms with E-state index in [0.29, 0.717) is 0 Å². The molecule has 2 heterocycles. The van der Waals surface area contributed by atoms with E-state index in [-0.39, 0.29) is 0 Å². The summed E-state index contributed by atoms with van der Waals surface area (Å²) in [6.45, 7) is 2.69. The van der Waals surface area contributed by atoms with Gasteiger partial charge in [-0.15, -0.1) is 0 Å². The number of hydrogen-bond donors (Lipinski definition) is 3. The van der Waals surface area contributed by atoms with Gasteiger partial charge in [0.05, 0.1) is 6.20 Å². The summed E-state index contributed by atoms with van der Waals surface area (Å²) in [6.07, 6.45) is 6.05. The molecule has 1 aliphatic heterocycles. The minimum atomic E-state index is 0.766. The van der Waals surface area contributed by atoms with Crippen molar-refractivity contribution in [3.8, 4) is 0 Å². The third-order valence-corrected chi connectivity index (χ3v) is 2.16. The van der Waals surface area contributed by atoms with Crippen LogP contribution in [-0.2, 0) is 6.54 Å². The summed E-state index contributed by atoms with van der Waals surface area (Å²) < 4.78 is 0. The van der Waals surface area contributed by atoms with Crippen LogP contribution in [0.25, 0.3) is 0 Å². The van der Waals surface area contributed by atoms with Crippen molar-refractivity contribution >= 4 is 5.96 Å². The third kappa shape index (κ3) is 2.48. The zero-order chi connectivity index (χ0) is 9.64. The second-order valence-corrected chi connectivity index (χ2v) is 3.32. The molecule has 0 amide bonds. The molecule has 3 N–H and O–H groups in total. The van der Waals surface area contributed by atoms with Crippen LogP contribution in [0.1, 0.15) is 18.4 Å². The lowest BCUT2D eigenvalue weighted by Crippen LogP contribution is -2.36. The normalized spacial score (nSPS) is 16.7. The maximum Gasteiger partial charge on any atom is 0.191 e. The number of nitrogens with zero attached hydrogens (tertiary/aromatic N) is 2. The molecule has 5 nitrogen and oxygen atoms in total. The Bertz CT molecular complexity index is 290. The van der Waals surface area contributed by atoms with E-state index in [1.54, 1.807) is 0 Å². The number of H-pyrrole nitrogens is 1. The molecule has 0 atom stereocenters. The van der Waals surface area contributed by atoms with Gasteiger partial charge in [0.15, 0.2) is 5.96 Å². The lowest BCUT2D eigenvalue weighted by molar-refractivity contribution is 0.742. The molecule has 0 radical (unpaired) electrons. The van der Waals surface area contributed by atoms with Gasteiger partial charge in [0.2, 0.25) is 0 Å². The molecule has 14 heavy (non-hydrogen) atoms. The van der Waals surface area contributed by atoms with Crippen molar-refractivity contribution in [2.45, 2.75) is 19.4 Å². The Balaban J connectivity index is 1.82. The number of rotatable bonds is 2. The lowest BCUT2D eigenvalue weighted by atomic mass is 10.3. The Morgan fingerprint density at radius 2 is 2.43 bits per heavy atom. The smallest absolute Gasteiger partial charge is 0.191 e. The molecular formula is C9H15N5. The van der Waals surface area contributed by atoms with E-state index in [0.717, 1.165) is 31.2 Å². The number of aromatic nitrogens is 2. The molecular weight excluding hydrogens is 178 g/mol. The molecule has 76 valence electrons. The van der Waals surface area contributed by atoms with Crippen molar-refractivity contribution in [3.05, 3.63) is 18.0 Å². The topological polar surface area (TPSA) is 65.1 Å². The van der Waals surface area contributed by atoms with Crippen molar-refractivity contribution in [2.75, 3.05) is 13.1 Å². The van der Waals surface area contributed by atoms with Gasteiger partial charge in [-0.3, -0.25) is 10.1 Å². The van der Waals surface area contributed by atoms with Gasteiger partial charge in [-0.1, -0.05) is 0 Å². The second kappa shape index (κ2) is 4.64. The molecule has 5 heteroatoms. The van der Waals surface area contributed by atoms with E-state index in [4.69, 9.17) is 0 Å². The van der Waals surface area contributed by atoms with Gasteiger partial charge in [0.1, 0.15) is 0 Å². The van der Waals surface area contributed by atoms with E-state index in [1.807, 2.05) is 12.4 Å². The van der Waals surface area contributed by atoms with Gasteiger partial charge < -0.3 is 10.6 Å². The van der Waals surface area contributed by atoms with E-state index >= 15 is 0 Å². The molecule has 2 rings (SSSR count). The number of nitrogens with one attached hydrogen (secondary N) is 3. The lowest BCUT2D eigenvalue weighted by Gasteiger charge is -2.08. The minimum Gasteiger partial charge on any atom is -0.356 e. The van der Waals surface area contributed by atoms with Crippen LogP contribution in [0.3, 0.4) is 0 Å². The first-order valence-corrected chi connectivity index (χ1v) is 4.95. The molecule has 1 aromatic heterocycles. The Kier molecular flexibility index (Phi) is 3.00. The highest BCUT2D eigenvalue weighted by Crippen LogP contribution is 1.95. The van der Waals surface area contributed by atoms with Gasteiger partial charge in [0.25, 0.3) is 0 Å². The number of aliphatic imine (C=N–C) groups is 1. The molecule has 0 saturated carbocycles. The molecule has 0 saturated heterocycles. The fourth-order valence-corrected chi connectivity index (χ4v) is 1.37. The quantitative estimate of drug-likeness (QED) is 0.630. The Morgan fingerprint density at radius 1 is 1.43 bits per heavy atom. The van der Waals surface area contributed by atoms with Crippen molar-refractivity contribution < 1.29 is 0 Å². The van der Waals surface area contributed by atoms with Crippen LogP contribution in [0.4, 0.5) is 0 Å². The molecule has 0 fully saturated rings. The molecule has 0 bridgehead atoms. The summed E-state index contributed by atoms with van der Waals surface area (Å²) in [4.78, 5) is 4.39. The Labute approximate surface area is 83.0 Å². The molecule has 0 aliphatic carbocycles. The summed E-state index contributed by atoms with van der Waals surface area (Å²) >= 11 is 0. The molecule has 0 aromatic carbocycles. The summed E-state index contributed by atoms with van der Waals surface area (Å²) in [5.41, 5.74) is 1.14.